The van der Waals surface area contributed by atoms with Gasteiger partial charge in [0, 0.05) is 36.0 Å². The molecule has 31 heavy (non-hydrogen) atoms. The number of likely N-dealkylation sites (N-methyl/N-ethyl adjacent to an activating group) is 1. The summed E-state index contributed by atoms with van der Waals surface area (Å²) in [5, 5.41) is 8.63. The van der Waals surface area contributed by atoms with Crippen LogP contribution in [-0.4, -0.2) is 40.0 Å². The van der Waals surface area contributed by atoms with Crippen molar-refractivity contribution in [1.29, 1.82) is 0 Å². The van der Waals surface area contributed by atoms with E-state index in [2.05, 4.69) is 41.1 Å². The van der Waals surface area contributed by atoms with Gasteiger partial charge in [0.2, 0.25) is 0 Å². The predicted molar refractivity (Wildman–Crippen MR) is 124 cm³/mol. The van der Waals surface area contributed by atoms with Gasteiger partial charge in [0.25, 0.3) is 0 Å². The highest BCUT2D eigenvalue weighted by atomic mass is 32.2. The summed E-state index contributed by atoms with van der Waals surface area (Å²) in [6, 6.07) is 16.0. The number of ether oxygens (including phenoxy) is 1. The van der Waals surface area contributed by atoms with E-state index in [1.165, 1.54) is 17.3 Å². The minimum atomic E-state index is -0.311. The second-order valence-electron chi connectivity index (χ2n) is 8.08. The molecule has 2 aromatic carbocycles. The molecule has 0 spiro atoms. The first-order valence-electron chi connectivity index (χ1n) is 10.1. The summed E-state index contributed by atoms with van der Waals surface area (Å²) in [4.78, 5) is 15.3. The molecule has 0 bridgehead atoms. The topological polar surface area (TPSA) is 60.2 Å². The summed E-state index contributed by atoms with van der Waals surface area (Å²) in [6.45, 7) is 6.22. The van der Waals surface area contributed by atoms with Gasteiger partial charge < -0.3 is 9.64 Å². The van der Waals surface area contributed by atoms with E-state index in [4.69, 9.17) is 4.74 Å². The van der Waals surface area contributed by atoms with E-state index in [0.29, 0.717) is 5.16 Å². The van der Waals surface area contributed by atoms with Crippen LogP contribution >= 0.6 is 11.8 Å². The van der Waals surface area contributed by atoms with Crippen molar-refractivity contribution in [1.82, 2.24) is 14.8 Å². The first kappa shape index (κ1) is 21.2. The van der Waals surface area contributed by atoms with E-state index in [1.54, 1.807) is 19.5 Å². The number of thioether (sulfide) groups is 1. The second kappa shape index (κ2) is 8.23. The molecule has 0 aliphatic carbocycles. The monoisotopic (exact) mass is 434 g/mol. The summed E-state index contributed by atoms with van der Waals surface area (Å²) in [5.74, 6) is 0.801. The number of aromatic nitrogens is 3. The lowest BCUT2D eigenvalue weighted by molar-refractivity contribution is -0.114. The number of nitrogens with zero attached hydrogens (tertiary/aromatic N) is 4. The molecule has 0 radical (unpaired) electrons. The number of carbonyl (C=O) groups is 1. The molecule has 0 saturated heterocycles. The molecule has 1 aliphatic heterocycles. The first-order chi connectivity index (χ1) is 14.8. The van der Waals surface area contributed by atoms with Crippen LogP contribution in [0.3, 0.4) is 0 Å². The highest BCUT2D eigenvalue weighted by molar-refractivity contribution is 8.00. The summed E-state index contributed by atoms with van der Waals surface area (Å²) in [7, 11) is 3.65. The van der Waals surface area contributed by atoms with Gasteiger partial charge in [0.05, 0.1) is 18.0 Å². The van der Waals surface area contributed by atoms with Crippen molar-refractivity contribution < 1.29 is 9.53 Å². The molecule has 0 N–H and O–H groups in total. The van der Waals surface area contributed by atoms with E-state index in [9.17, 15) is 4.79 Å². The van der Waals surface area contributed by atoms with Crippen molar-refractivity contribution in [2.24, 2.45) is 0 Å². The number of rotatable bonds is 6. The average Bonchev–Trinajstić information content (AvgIpc) is 3.31. The number of carbonyl (C=O) groups excluding carboxylic acids is 1. The molecule has 160 valence electrons. The zero-order valence-corrected chi connectivity index (χ0v) is 19.2. The van der Waals surface area contributed by atoms with Crippen molar-refractivity contribution in [2.75, 3.05) is 19.1 Å². The van der Waals surface area contributed by atoms with Crippen LogP contribution in [0.25, 0.3) is 5.69 Å². The Morgan fingerprint density at radius 3 is 2.71 bits per heavy atom. The smallest absolute Gasteiger partial charge is 0.196 e. The molecule has 7 heteroatoms. The van der Waals surface area contributed by atoms with Crippen LogP contribution in [0.1, 0.15) is 26.3 Å². The van der Waals surface area contributed by atoms with Crippen LogP contribution in [0.15, 0.2) is 71.8 Å². The van der Waals surface area contributed by atoms with Gasteiger partial charge in [0.1, 0.15) is 12.1 Å². The summed E-state index contributed by atoms with van der Waals surface area (Å²) >= 11 is 1.40. The van der Waals surface area contributed by atoms with E-state index in [0.717, 1.165) is 22.8 Å². The number of fused-ring (bicyclic) bond motifs is 1. The predicted octanol–water partition coefficient (Wildman–Crippen LogP) is 4.64. The quantitative estimate of drug-likeness (QED) is 0.416. The van der Waals surface area contributed by atoms with Gasteiger partial charge >= 0.3 is 0 Å². The number of hydrogen-bond acceptors (Lipinski definition) is 6. The van der Waals surface area contributed by atoms with E-state index in [-0.39, 0.29) is 16.4 Å². The molecule has 1 aromatic heterocycles. The maximum Gasteiger partial charge on any atom is 0.196 e. The third-order valence-corrected chi connectivity index (χ3v) is 6.83. The van der Waals surface area contributed by atoms with Crippen LogP contribution in [0.4, 0.5) is 5.69 Å². The molecule has 1 atom stereocenters. The van der Waals surface area contributed by atoms with Gasteiger partial charge in [-0.2, -0.15) is 0 Å². The normalized spacial score (nSPS) is 16.9. The van der Waals surface area contributed by atoms with Crippen molar-refractivity contribution >= 4 is 23.2 Å². The molecular weight excluding hydrogens is 408 g/mol. The molecule has 4 rings (SSSR count). The van der Waals surface area contributed by atoms with Crippen molar-refractivity contribution in [3.63, 3.8) is 0 Å². The fraction of sp³-hybridized carbons (Fsp3) is 0.292. The Hall–Kier alpha value is -3.06. The highest BCUT2D eigenvalue weighted by Crippen LogP contribution is 2.46. The molecule has 3 aromatic rings. The largest absolute Gasteiger partial charge is 0.497 e. The molecule has 6 nitrogen and oxygen atoms in total. The van der Waals surface area contributed by atoms with Crippen molar-refractivity contribution in [3.8, 4) is 11.4 Å². The zero-order chi connectivity index (χ0) is 22.2. The second-order valence-corrected chi connectivity index (χ2v) is 9.39. The van der Waals surface area contributed by atoms with Gasteiger partial charge in [-0.25, -0.2) is 0 Å². The molecule has 1 aliphatic rings. The lowest BCUT2D eigenvalue weighted by Gasteiger charge is -2.24. The minimum Gasteiger partial charge on any atom is -0.497 e. The number of methoxy groups -OCH3 is 1. The highest BCUT2D eigenvalue weighted by Gasteiger charge is 2.38. The van der Waals surface area contributed by atoms with Gasteiger partial charge in [-0.05, 0) is 30.7 Å². The zero-order valence-electron chi connectivity index (χ0n) is 18.4. The minimum absolute atomic E-state index is 0.0490. The Morgan fingerprint density at radius 1 is 1.19 bits per heavy atom. The summed E-state index contributed by atoms with van der Waals surface area (Å²) in [6.07, 6.45) is 3.43. The molecule has 2 heterocycles. The van der Waals surface area contributed by atoms with Crippen LogP contribution in [0.2, 0.25) is 0 Å². The van der Waals surface area contributed by atoms with Crippen LogP contribution in [0, 0.1) is 0 Å². The fourth-order valence-electron chi connectivity index (χ4n) is 3.97. The van der Waals surface area contributed by atoms with Gasteiger partial charge in [-0.1, -0.05) is 49.9 Å². The van der Waals surface area contributed by atoms with Gasteiger partial charge in [-0.15, -0.1) is 10.2 Å². The lowest BCUT2D eigenvalue weighted by Crippen LogP contribution is -2.25. The van der Waals surface area contributed by atoms with E-state index >= 15 is 0 Å². The Bertz CT molecular complexity index is 1150. The SMILES string of the molecule is COc1cccc(-n2cnnc2SC(C)C(=O)/C=C2/N(C)c3ccccc3C2(C)C)c1. The molecular formula is C24H26N4O2S. The number of ketones is 1. The maximum atomic E-state index is 13.2. The number of anilines is 1. The number of para-hydroxylation sites is 1. The third kappa shape index (κ3) is 3.85. The lowest BCUT2D eigenvalue weighted by atomic mass is 9.83. The van der Waals surface area contributed by atoms with Gasteiger partial charge in [0.15, 0.2) is 10.9 Å². The fourth-order valence-corrected chi connectivity index (χ4v) is 4.83. The van der Waals surface area contributed by atoms with Crippen LogP contribution < -0.4 is 9.64 Å². The Balaban J connectivity index is 1.56. The third-order valence-electron chi connectivity index (χ3n) is 5.75. The Kier molecular flexibility index (Phi) is 5.62. The number of benzene rings is 2. The molecule has 0 amide bonds. The standard InChI is InChI=1S/C24H26N4O2S/c1-16(31-23-26-25-15-28(23)17-9-8-10-18(13-17)30-5)21(29)14-22-24(2,3)19-11-6-7-12-20(19)27(22)4/h6-16H,1-5H3/b22-14+. The molecule has 1 unspecified atom stereocenters. The maximum absolute atomic E-state index is 13.2. The summed E-state index contributed by atoms with van der Waals surface area (Å²) in [5.41, 5.74) is 4.03. The van der Waals surface area contributed by atoms with Crippen molar-refractivity contribution in [3.05, 3.63) is 72.2 Å². The van der Waals surface area contributed by atoms with Crippen molar-refractivity contribution in [2.45, 2.75) is 36.6 Å². The average molecular weight is 435 g/mol. The van der Waals surface area contributed by atoms with Crippen LogP contribution in [0.5, 0.6) is 5.75 Å². The van der Waals surface area contributed by atoms with Crippen LogP contribution in [-0.2, 0) is 10.2 Å². The van der Waals surface area contributed by atoms with E-state index in [1.807, 2.05) is 54.9 Å². The number of hydrogen-bond donors (Lipinski definition) is 0. The summed E-state index contributed by atoms with van der Waals surface area (Å²) < 4.78 is 7.18. The first-order valence-corrected chi connectivity index (χ1v) is 11.0. The Labute approximate surface area is 186 Å². The van der Waals surface area contributed by atoms with Gasteiger partial charge in [-0.3, -0.25) is 9.36 Å². The number of allylic oxidation sites excluding steroid dienone is 2. The molecule has 0 saturated carbocycles. The van der Waals surface area contributed by atoms with E-state index < -0.39 is 0 Å². The Morgan fingerprint density at radius 2 is 1.97 bits per heavy atom. The molecule has 0 fully saturated rings.